The van der Waals surface area contributed by atoms with E-state index < -0.39 is 27.8 Å². The van der Waals surface area contributed by atoms with Gasteiger partial charge < -0.3 is 14.8 Å². The Labute approximate surface area is 195 Å². The van der Waals surface area contributed by atoms with Crippen LogP contribution in [-0.2, 0) is 19.5 Å². The first kappa shape index (κ1) is 24.7. The van der Waals surface area contributed by atoms with Crippen LogP contribution < -0.4 is 15.4 Å². The molecule has 0 unspecified atom stereocenters. The largest absolute Gasteiger partial charge is 0.447 e. The smallest absolute Gasteiger partial charge is 0.411 e. The van der Waals surface area contributed by atoms with Crippen LogP contribution in [0.3, 0.4) is 0 Å². The van der Waals surface area contributed by atoms with E-state index in [4.69, 9.17) is 9.47 Å². The summed E-state index contributed by atoms with van der Waals surface area (Å²) in [5.74, 6) is -0.961. The molecule has 0 heterocycles. The highest BCUT2D eigenvalue weighted by Crippen LogP contribution is 2.19. The fraction of sp³-hybridized carbons (Fsp3) is 0.130. The van der Waals surface area contributed by atoms with E-state index in [9.17, 15) is 22.4 Å². The molecule has 0 aliphatic rings. The van der Waals surface area contributed by atoms with Crippen LogP contribution in [0.2, 0.25) is 0 Å². The summed E-state index contributed by atoms with van der Waals surface area (Å²) in [7, 11) is -2.43. The second kappa shape index (κ2) is 11.3. The van der Waals surface area contributed by atoms with E-state index in [0.717, 1.165) is 12.1 Å². The van der Waals surface area contributed by atoms with E-state index in [2.05, 4.69) is 15.4 Å². The van der Waals surface area contributed by atoms with Gasteiger partial charge in [-0.15, -0.1) is 0 Å². The lowest BCUT2D eigenvalue weighted by atomic mass is 10.2. The summed E-state index contributed by atoms with van der Waals surface area (Å²) in [6, 6.07) is 16.6. The highest BCUT2D eigenvalue weighted by atomic mass is 32.2. The molecule has 0 aromatic heterocycles. The van der Waals surface area contributed by atoms with Gasteiger partial charge in [0, 0.05) is 29.7 Å². The zero-order valence-corrected chi connectivity index (χ0v) is 18.9. The zero-order valence-electron chi connectivity index (χ0n) is 18.1. The minimum Gasteiger partial charge on any atom is -0.447 e. The predicted molar refractivity (Wildman–Crippen MR) is 125 cm³/mol. The summed E-state index contributed by atoms with van der Waals surface area (Å²) in [4.78, 5) is 24.2. The van der Waals surface area contributed by atoms with Gasteiger partial charge in [-0.2, -0.15) is 0 Å². The monoisotopic (exact) mass is 487 g/mol. The lowest BCUT2D eigenvalue weighted by Gasteiger charge is -2.10. The molecule has 0 aliphatic carbocycles. The van der Waals surface area contributed by atoms with Crippen molar-refractivity contribution in [3.05, 3.63) is 84.2 Å². The molecule has 3 aromatic rings. The van der Waals surface area contributed by atoms with Crippen LogP contribution in [0, 0.1) is 5.82 Å². The third kappa shape index (κ3) is 7.02. The van der Waals surface area contributed by atoms with Crippen molar-refractivity contribution in [3.8, 4) is 0 Å². The predicted octanol–water partition coefficient (Wildman–Crippen LogP) is 4.07. The summed E-state index contributed by atoms with van der Waals surface area (Å²) in [6.45, 7) is 0.371. The van der Waals surface area contributed by atoms with Gasteiger partial charge in [-0.05, 0) is 66.7 Å². The molecule has 0 saturated heterocycles. The summed E-state index contributed by atoms with van der Waals surface area (Å²) >= 11 is 0. The van der Waals surface area contributed by atoms with Crippen LogP contribution in [-0.4, -0.2) is 40.7 Å². The Balaban J connectivity index is 1.62. The molecule has 2 amide bonds. The van der Waals surface area contributed by atoms with Gasteiger partial charge >= 0.3 is 6.09 Å². The zero-order chi connectivity index (χ0) is 24.6. The average Bonchev–Trinajstić information content (AvgIpc) is 2.81. The number of amides is 2. The number of hydrogen-bond acceptors (Lipinski definition) is 6. The van der Waals surface area contributed by atoms with Gasteiger partial charge in [-0.1, -0.05) is 6.07 Å². The summed E-state index contributed by atoms with van der Waals surface area (Å²) in [5, 5.41) is 5.21. The van der Waals surface area contributed by atoms with Crippen molar-refractivity contribution < 1.29 is 31.9 Å². The molecular formula is C23H22FN3O6S. The Hall–Kier alpha value is -3.96. The Morgan fingerprint density at radius 2 is 1.50 bits per heavy atom. The first-order chi connectivity index (χ1) is 16.3. The second-order valence-corrected chi connectivity index (χ2v) is 8.61. The molecule has 178 valence electrons. The molecule has 3 rings (SSSR count). The number of benzene rings is 3. The van der Waals surface area contributed by atoms with Gasteiger partial charge in [0.15, 0.2) is 0 Å². The Morgan fingerprint density at radius 3 is 2.15 bits per heavy atom. The number of anilines is 3. The first-order valence-corrected chi connectivity index (χ1v) is 11.5. The fourth-order valence-electron chi connectivity index (χ4n) is 2.77. The van der Waals surface area contributed by atoms with Gasteiger partial charge in [-0.3, -0.25) is 14.8 Å². The summed E-state index contributed by atoms with van der Waals surface area (Å²) < 4.78 is 50.1. The SMILES string of the molecule is COCCOC(=O)Nc1cccc(NC(=O)c2ccc(S(=O)(=O)Nc3ccc(F)cc3)cc2)c1. The molecule has 3 N–H and O–H groups in total. The number of sulfonamides is 1. The molecule has 3 aromatic carbocycles. The maximum absolute atomic E-state index is 13.0. The van der Waals surface area contributed by atoms with Crippen LogP contribution in [0.5, 0.6) is 0 Å². The van der Waals surface area contributed by atoms with Crippen LogP contribution in [0.1, 0.15) is 10.4 Å². The van der Waals surface area contributed by atoms with Crippen molar-refractivity contribution >= 4 is 39.1 Å². The molecule has 0 atom stereocenters. The maximum atomic E-state index is 13.0. The third-order valence-electron chi connectivity index (χ3n) is 4.41. The lowest BCUT2D eigenvalue weighted by molar-refractivity contribution is 0.102. The summed E-state index contributed by atoms with van der Waals surface area (Å²) in [6.07, 6.45) is -0.661. The number of rotatable bonds is 9. The van der Waals surface area contributed by atoms with Crippen molar-refractivity contribution in [1.82, 2.24) is 0 Å². The third-order valence-corrected chi connectivity index (χ3v) is 5.81. The molecule has 0 bridgehead atoms. The van der Waals surface area contributed by atoms with Crippen molar-refractivity contribution in [2.24, 2.45) is 0 Å². The van der Waals surface area contributed by atoms with Crippen LogP contribution in [0.15, 0.2) is 77.7 Å². The van der Waals surface area contributed by atoms with Gasteiger partial charge in [0.25, 0.3) is 15.9 Å². The lowest BCUT2D eigenvalue weighted by Crippen LogP contribution is -2.17. The highest BCUT2D eigenvalue weighted by molar-refractivity contribution is 7.92. The molecule has 0 radical (unpaired) electrons. The number of nitrogens with one attached hydrogen (secondary N) is 3. The quantitative estimate of drug-likeness (QED) is 0.391. The van der Waals surface area contributed by atoms with E-state index in [1.165, 1.54) is 43.5 Å². The molecule has 0 fully saturated rings. The average molecular weight is 488 g/mol. The minimum atomic E-state index is -3.92. The number of halogens is 1. The summed E-state index contributed by atoms with van der Waals surface area (Å²) in [5.41, 5.74) is 1.25. The Kier molecular flexibility index (Phi) is 8.17. The van der Waals surface area contributed by atoms with E-state index in [1.807, 2.05) is 0 Å². The number of methoxy groups -OCH3 is 1. The molecule has 9 nitrogen and oxygen atoms in total. The number of carbonyl (C=O) groups is 2. The van der Waals surface area contributed by atoms with E-state index in [1.54, 1.807) is 24.3 Å². The van der Waals surface area contributed by atoms with E-state index in [-0.39, 0.29) is 29.4 Å². The fourth-order valence-corrected chi connectivity index (χ4v) is 3.83. The highest BCUT2D eigenvalue weighted by Gasteiger charge is 2.16. The number of hydrogen-bond donors (Lipinski definition) is 3. The first-order valence-electron chi connectivity index (χ1n) is 9.99. The molecule has 11 heteroatoms. The molecule has 0 aliphatic heterocycles. The minimum absolute atomic E-state index is 0.0634. The van der Waals surface area contributed by atoms with E-state index >= 15 is 0 Å². The van der Waals surface area contributed by atoms with Crippen molar-refractivity contribution in [2.45, 2.75) is 4.90 Å². The maximum Gasteiger partial charge on any atom is 0.411 e. The van der Waals surface area contributed by atoms with Gasteiger partial charge in [0.1, 0.15) is 12.4 Å². The topological polar surface area (TPSA) is 123 Å². The molecule has 0 saturated carbocycles. The van der Waals surface area contributed by atoms with Gasteiger partial charge in [0.2, 0.25) is 0 Å². The van der Waals surface area contributed by atoms with Crippen molar-refractivity contribution in [3.63, 3.8) is 0 Å². The van der Waals surface area contributed by atoms with Crippen LogP contribution in [0.25, 0.3) is 0 Å². The van der Waals surface area contributed by atoms with Crippen LogP contribution in [0.4, 0.5) is 26.2 Å². The van der Waals surface area contributed by atoms with Crippen molar-refractivity contribution in [2.75, 3.05) is 35.7 Å². The van der Waals surface area contributed by atoms with Gasteiger partial charge in [-0.25, -0.2) is 17.6 Å². The standard InChI is InChI=1S/C23H22FN3O6S/c1-32-13-14-33-23(29)26-20-4-2-3-19(15-20)25-22(28)16-5-11-21(12-6-16)34(30,31)27-18-9-7-17(24)8-10-18/h2-12,15,27H,13-14H2,1H3,(H,25,28)(H,26,29). The Bertz CT molecular complexity index is 1250. The van der Waals surface area contributed by atoms with Gasteiger partial charge in [0.05, 0.1) is 11.5 Å². The Morgan fingerprint density at radius 1 is 0.853 bits per heavy atom. The second-order valence-electron chi connectivity index (χ2n) is 6.93. The number of carbonyl (C=O) groups excluding carboxylic acids is 2. The normalized spacial score (nSPS) is 10.9. The van der Waals surface area contributed by atoms with E-state index in [0.29, 0.717) is 11.4 Å². The van der Waals surface area contributed by atoms with Crippen molar-refractivity contribution in [1.29, 1.82) is 0 Å². The molecule has 0 spiro atoms. The molecule has 34 heavy (non-hydrogen) atoms. The molecular weight excluding hydrogens is 465 g/mol. The number of ether oxygens (including phenoxy) is 2. The van der Waals surface area contributed by atoms with Crippen LogP contribution >= 0.6 is 0 Å².